The van der Waals surface area contributed by atoms with E-state index in [2.05, 4.69) is 0 Å². The van der Waals surface area contributed by atoms with Crippen LogP contribution in [0.4, 0.5) is 0 Å². The summed E-state index contributed by atoms with van der Waals surface area (Å²) in [6, 6.07) is 12.7. The van der Waals surface area contributed by atoms with E-state index in [4.69, 9.17) is 4.74 Å². The molecule has 0 aromatic heterocycles. The average Bonchev–Trinajstić information content (AvgIpc) is 2.52. The molecule has 3 rings (SSSR count). The van der Waals surface area contributed by atoms with Crippen LogP contribution in [0, 0.1) is 0 Å². The summed E-state index contributed by atoms with van der Waals surface area (Å²) in [5.41, 5.74) is -2.38. The summed E-state index contributed by atoms with van der Waals surface area (Å²) in [5, 5.41) is 42.6. The summed E-state index contributed by atoms with van der Waals surface area (Å²) >= 11 is 0. The van der Waals surface area contributed by atoms with Gasteiger partial charge in [0.25, 0.3) is 0 Å². The maximum Gasteiger partial charge on any atom is 0.137 e. The number of benzene rings is 2. The molecule has 2 aromatic carbocycles. The number of ether oxygens (including phenoxy) is 1. The number of hydrogen-bond donors (Lipinski definition) is 3. The maximum atomic E-state index is 11.0. The first-order valence-corrected chi connectivity index (χ1v) is 7.08. The maximum absolute atomic E-state index is 11.0. The molecule has 0 radical (unpaired) electrons. The number of aliphatic hydroxyl groups is 3. The summed E-state index contributed by atoms with van der Waals surface area (Å²) in [7, 11) is 0. The van der Waals surface area contributed by atoms with Gasteiger partial charge in [-0.2, -0.15) is 0 Å². The van der Waals surface area contributed by atoms with E-state index >= 15 is 0 Å². The first-order chi connectivity index (χ1) is 10.9. The highest BCUT2D eigenvalue weighted by molar-refractivity contribution is 5.83. The predicted molar refractivity (Wildman–Crippen MR) is 79.2 cm³/mol. The third-order valence-electron chi connectivity index (χ3n) is 3.87. The molecule has 6 heteroatoms. The Morgan fingerprint density at radius 2 is 1.87 bits per heavy atom. The van der Waals surface area contributed by atoms with Crippen LogP contribution in [0.2, 0.25) is 0 Å². The lowest BCUT2D eigenvalue weighted by atomic mass is 9.86. The molecular formula is C17H15O6-. The zero-order valence-corrected chi connectivity index (χ0v) is 12.0. The summed E-state index contributed by atoms with van der Waals surface area (Å²) in [4.78, 5) is 11.0. The number of aliphatic hydroxyl groups excluding tert-OH is 2. The van der Waals surface area contributed by atoms with Gasteiger partial charge in [0, 0.05) is 6.42 Å². The zero-order chi connectivity index (χ0) is 16.6. The highest BCUT2D eigenvalue weighted by Gasteiger charge is 2.40. The molecule has 0 fully saturated rings. The van der Waals surface area contributed by atoms with Crippen LogP contribution < -0.4 is 9.84 Å². The summed E-state index contributed by atoms with van der Waals surface area (Å²) in [6.45, 7) is 0. The van der Waals surface area contributed by atoms with Gasteiger partial charge in [0.05, 0.1) is 12.1 Å². The van der Waals surface area contributed by atoms with Gasteiger partial charge in [0.1, 0.15) is 23.2 Å². The van der Waals surface area contributed by atoms with Gasteiger partial charge in [0.2, 0.25) is 0 Å². The van der Waals surface area contributed by atoms with Crippen molar-refractivity contribution in [3.63, 3.8) is 0 Å². The molecule has 0 amide bonds. The summed E-state index contributed by atoms with van der Waals surface area (Å²) < 4.78 is 5.49. The first-order valence-electron chi connectivity index (χ1n) is 7.08. The largest absolute Gasteiger partial charge is 0.547 e. The number of aliphatic carboxylic acids is 1. The monoisotopic (exact) mass is 315 g/mol. The molecule has 23 heavy (non-hydrogen) atoms. The van der Waals surface area contributed by atoms with Crippen molar-refractivity contribution >= 4 is 16.7 Å². The van der Waals surface area contributed by atoms with Crippen molar-refractivity contribution in [3.8, 4) is 5.75 Å². The van der Waals surface area contributed by atoms with Crippen molar-refractivity contribution in [2.75, 3.05) is 0 Å². The van der Waals surface area contributed by atoms with Gasteiger partial charge >= 0.3 is 0 Å². The number of rotatable bonds is 3. The lowest BCUT2D eigenvalue weighted by Gasteiger charge is -2.36. The Balaban J connectivity index is 1.95. The van der Waals surface area contributed by atoms with Crippen molar-refractivity contribution < 1.29 is 30.0 Å². The molecule has 0 heterocycles. The van der Waals surface area contributed by atoms with Gasteiger partial charge in [-0.25, -0.2) is 0 Å². The lowest BCUT2D eigenvalue weighted by molar-refractivity contribution is -0.323. The normalized spacial score (nSPS) is 27.5. The molecule has 0 bridgehead atoms. The fourth-order valence-electron chi connectivity index (χ4n) is 2.60. The molecule has 2 aromatic rings. The SMILES string of the molecule is O=C([O-])[C@]1(O)C=C(Oc2ccc3ccccc3c2)[C@@H](O)[C@H](O)C1. The smallest absolute Gasteiger partial charge is 0.137 e. The topological polar surface area (TPSA) is 110 Å². The molecule has 0 saturated heterocycles. The van der Waals surface area contributed by atoms with Gasteiger partial charge in [-0.05, 0) is 29.0 Å². The van der Waals surface area contributed by atoms with Crippen LogP contribution in [-0.4, -0.2) is 39.1 Å². The van der Waals surface area contributed by atoms with Crippen LogP contribution in [0.1, 0.15) is 6.42 Å². The lowest BCUT2D eigenvalue weighted by Crippen LogP contribution is -2.54. The summed E-state index contributed by atoms with van der Waals surface area (Å²) in [6.07, 6.45) is -2.60. The Bertz CT molecular complexity index is 784. The Morgan fingerprint density at radius 1 is 1.17 bits per heavy atom. The molecule has 1 aliphatic rings. The molecular weight excluding hydrogens is 300 g/mol. The van der Waals surface area contributed by atoms with Gasteiger partial charge in [-0.1, -0.05) is 30.3 Å². The molecule has 120 valence electrons. The second-order valence-corrected chi connectivity index (χ2v) is 5.59. The van der Waals surface area contributed by atoms with Crippen LogP contribution >= 0.6 is 0 Å². The van der Waals surface area contributed by atoms with Gasteiger partial charge in [0.15, 0.2) is 0 Å². The van der Waals surface area contributed by atoms with E-state index in [1.54, 1.807) is 12.1 Å². The standard InChI is InChI=1S/C17H16O6/c18-13-8-17(22,16(20)21)9-14(15(13)19)23-12-6-5-10-3-1-2-4-11(10)7-12/h1-7,9,13,15,18-19,22H,8H2,(H,20,21)/p-1/t13-,15+,17-/m1/s1. The molecule has 1 aliphatic carbocycles. The Labute approximate surface area is 131 Å². The Morgan fingerprint density at radius 3 is 2.57 bits per heavy atom. The molecule has 0 spiro atoms. The second kappa shape index (κ2) is 5.66. The molecule has 3 atom stereocenters. The molecule has 6 nitrogen and oxygen atoms in total. The highest BCUT2D eigenvalue weighted by Crippen LogP contribution is 2.30. The minimum atomic E-state index is -2.38. The third-order valence-corrected chi connectivity index (χ3v) is 3.87. The van der Waals surface area contributed by atoms with E-state index in [9.17, 15) is 25.2 Å². The van der Waals surface area contributed by atoms with E-state index in [0.717, 1.165) is 16.8 Å². The van der Waals surface area contributed by atoms with E-state index < -0.39 is 30.2 Å². The third kappa shape index (κ3) is 2.92. The first kappa shape index (κ1) is 15.5. The second-order valence-electron chi connectivity index (χ2n) is 5.59. The van der Waals surface area contributed by atoms with Crippen LogP contribution in [0.3, 0.4) is 0 Å². The van der Waals surface area contributed by atoms with Crippen LogP contribution in [0.25, 0.3) is 10.8 Å². The highest BCUT2D eigenvalue weighted by atomic mass is 16.5. The molecule has 0 saturated carbocycles. The summed E-state index contributed by atoms with van der Waals surface area (Å²) in [5.74, 6) is -1.64. The van der Waals surface area contributed by atoms with E-state index in [1.165, 1.54) is 0 Å². The van der Waals surface area contributed by atoms with Gasteiger partial charge < -0.3 is 30.0 Å². The minimum Gasteiger partial charge on any atom is -0.547 e. The number of carboxylic acids is 1. The molecule has 3 N–H and O–H groups in total. The number of carbonyl (C=O) groups is 1. The minimum absolute atomic E-state index is 0.231. The molecule has 0 unspecified atom stereocenters. The van der Waals surface area contributed by atoms with Crippen LogP contribution in [0.15, 0.2) is 54.3 Å². The Hall–Kier alpha value is -2.41. The van der Waals surface area contributed by atoms with Crippen molar-refractivity contribution in [1.82, 2.24) is 0 Å². The van der Waals surface area contributed by atoms with Crippen LogP contribution in [-0.2, 0) is 4.79 Å². The van der Waals surface area contributed by atoms with E-state index in [-0.39, 0.29) is 5.76 Å². The molecule has 0 aliphatic heterocycles. The van der Waals surface area contributed by atoms with Crippen molar-refractivity contribution in [3.05, 3.63) is 54.3 Å². The quantitative estimate of drug-likeness (QED) is 0.718. The van der Waals surface area contributed by atoms with E-state index in [1.807, 2.05) is 30.3 Å². The van der Waals surface area contributed by atoms with Crippen molar-refractivity contribution in [2.24, 2.45) is 0 Å². The number of carboxylic acid groups (broad SMARTS) is 1. The van der Waals surface area contributed by atoms with Crippen LogP contribution in [0.5, 0.6) is 5.75 Å². The average molecular weight is 315 g/mol. The van der Waals surface area contributed by atoms with E-state index in [0.29, 0.717) is 5.75 Å². The fraction of sp³-hybridized carbons (Fsp3) is 0.235. The predicted octanol–water partition coefficient (Wildman–Crippen LogP) is -0.291. The Kier molecular flexibility index (Phi) is 3.81. The van der Waals surface area contributed by atoms with Gasteiger partial charge in [-0.15, -0.1) is 0 Å². The fourth-order valence-corrected chi connectivity index (χ4v) is 2.60. The number of carbonyl (C=O) groups excluding carboxylic acids is 1. The van der Waals surface area contributed by atoms with Crippen molar-refractivity contribution in [2.45, 2.75) is 24.2 Å². The zero-order valence-electron chi connectivity index (χ0n) is 12.0. The van der Waals surface area contributed by atoms with Crippen molar-refractivity contribution in [1.29, 1.82) is 0 Å². The van der Waals surface area contributed by atoms with Gasteiger partial charge in [-0.3, -0.25) is 0 Å². The number of fused-ring (bicyclic) bond motifs is 1. The number of hydrogen-bond acceptors (Lipinski definition) is 6.